The Morgan fingerprint density at radius 3 is 2.12 bits per heavy atom. The highest BCUT2D eigenvalue weighted by Gasteiger charge is 2.37. The van der Waals surface area contributed by atoms with E-state index in [0.717, 1.165) is 28.5 Å². The van der Waals surface area contributed by atoms with Crippen molar-refractivity contribution in [2.45, 2.75) is 71.6 Å². The molecule has 5 heteroatoms. The SMILES string of the molecule is Cn1ccnc1-c1cccc(N2c3ccccc3C(C)(C)c3ccc(-n4nc(C(C)(C)C)cc4C(C)(C)C)cc32)c1. The van der Waals surface area contributed by atoms with E-state index in [9.17, 15) is 0 Å². The molecule has 0 aliphatic carbocycles. The Balaban J connectivity index is 1.60. The first-order chi connectivity index (χ1) is 19.3. The zero-order valence-corrected chi connectivity index (χ0v) is 25.8. The second-order valence-electron chi connectivity index (χ2n) is 13.9. The molecule has 5 nitrogen and oxygen atoms in total. The van der Waals surface area contributed by atoms with Gasteiger partial charge in [0.1, 0.15) is 5.82 Å². The maximum Gasteiger partial charge on any atom is 0.139 e. The highest BCUT2D eigenvalue weighted by Crippen LogP contribution is 2.52. The van der Waals surface area contributed by atoms with Crippen molar-refractivity contribution in [1.29, 1.82) is 0 Å². The first kappa shape index (κ1) is 27.1. The molecule has 2 aromatic heterocycles. The van der Waals surface area contributed by atoms with Crippen molar-refractivity contribution < 1.29 is 0 Å². The van der Waals surface area contributed by atoms with E-state index in [-0.39, 0.29) is 16.2 Å². The van der Waals surface area contributed by atoms with Gasteiger partial charge in [-0.1, -0.05) is 91.8 Å². The molecule has 0 amide bonds. The van der Waals surface area contributed by atoms with Crippen LogP contribution in [0.15, 0.2) is 85.2 Å². The fourth-order valence-electron chi connectivity index (χ4n) is 6.02. The van der Waals surface area contributed by atoms with E-state index in [4.69, 9.17) is 5.10 Å². The van der Waals surface area contributed by atoms with Gasteiger partial charge in [-0.25, -0.2) is 9.67 Å². The van der Waals surface area contributed by atoms with Gasteiger partial charge in [0.15, 0.2) is 0 Å². The van der Waals surface area contributed by atoms with Gasteiger partial charge in [-0.15, -0.1) is 0 Å². The zero-order valence-electron chi connectivity index (χ0n) is 25.8. The fourth-order valence-corrected chi connectivity index (χ4v) is 6.02. The predicted octanol–water partition coefficient (Wildman–Crippen LogP) is 8.98. The maximum atomic E-state index is 5.19. The quantitative estimate of drug-likeness (QED) is 0.228. The van der Waals surface area contributed by atoms with Crippen LogP contribution in [0.25, 0.3) is 17.1 Å². The number of nitrogens with zero attached hydrogens (tertiary/aromatic N) is 5. The normalized spacial score (nSPS) is 14.6. The molecule has 3 aromatic carbocycles. The van der Waals surface area contributed by atoms with Gasteiger partial charge in [0.25, 0.3) is 0 Å². The topological polar surface area (TPSA) is 38.9 Å². The van der Waals surface area contributed by atoms with E-state index < -0.39 is 0 Å². The molecule has 41 heavy (non-hydrogen) atoms. The first-order valence-corrected chi connectivity index (χ1v) is 14.5. The molecule has 6 rings (SSSR count). The number of aryl methyl sites for hydroxylation is 1. The third-order valence-electron chi connectivity index (χ3n) is 8.39. The van der Waals surface area contributed by atoms with Crippen LogP contribution in [0.1, 0.15) is 77.9 Å². The Hall–Kier alpha value is -4.12. The minimum absolute atomic E-state index is 0.0438. The standard InChI is InChI=1S/C36H41N5/c1-34(2,3)31-23-32(35(4,5)6)41(38-31)26-17-18-28-30(22-26)40(29-16-11-10-15-27(29)36(28,7)8)25-14-12-13-24(21-25)33-37-19-20-39(33)9/h10-23H,1-9H3. The molecule has 5 aromatic rings. The Labute approximate surface area is 244 Å². The van der Waals surface area contributed by atoms with Gasteiger partial charge < -0.3 is 9.47 Å². The van der Waals surface area contributed by atoms with Crippen LogP contribution in [-0.2, 0) is 23.3 Å². The molecule has 210 valence electrons. The summed E-state index contributed by atoms with van der Waals surface area (Å²) in [6.07, 6.45) is 3.84. The summed E-state index contributed by atoms with van der Waals surface area (Å²) in [6, 6.07) is 26.7. The summed E-state index contributed by atoms with van der Waals surface area (Å²) in [7, 11) is 2.04. The van der Waals surface area contributed by atoms with E-state index >= 15 is 0 Å². The number of para-hydroxylation sites is 1. The third kappa shape index (κ3) is 4.48. The highest BCUT2D eigenvalue weighted by atomic mass is 15.3. The average molecular weight is 544 g/mol. The van der Waals surface area contributed by atoms with E-state index in [0.29, 0.717) is 0 Å². The number of rotatable bonds is 3. The summed E-state index contributed by atoms with van der Waals surface area (Å²) in [4.78, 5) is 7.04. The van der Waals surface area contributed by atoms with Crippen LogP contribution in [0, 0.1) is 0 Å². The van der Waals surface area contributed by atoms with Crippen molar-refractivity contribution in [3.05, 3.63) is 108 Å². The van der Waals surface area contributed by atoms with E-state index in [1.807, 2.05) is 19.4 Å². The van der Waals surface area contributed by atoms with Crippen molar-refractivity contribution in [3.8, 4) is 17.1 Å². The van der Waals surface area contributed by atoms with Gasteiger partial charge >= 0.3 is 0 Å². The number of hydrogen-bond donors (Lipinski definition) is 0. The van der Waals surface area contributed by atoms with Crippen molar-refractivity contribution in [2.75, 3.05) is 4.90 Å². The molecule has 3 heterocycles. The number of anilines is 3. The van der Waals surface area contributed by atoms with Crippen molar-refractivity contribution in [1.82, 2.24) is 19.3 Å². The molecule has 0 spiro atoms. The second kappa shape index (κ2) is 9.20. The first-order valence-electron chi connectivity index (χ1n) is 14.5. The van der Waals surface area contributed by atoms with Crippen LogP contribution in [0.2, 0.25) is 0 Å². The molecular formula is C36H41N5. The predicted molar refractivity (Wildman–Crippen MR) is 170 cm³/mol. The van der Waals surface area contributed by atoms with Gasteiger partial charge in [-0.2, -0.15) is 5.10 Å². The van der Waals surface area contributed by atoms with Crippen LogP contribution >= 0.6 is 0 Å². The van der Waals surface area contributed by atoms with Gasteiger partial charge in [-0.05, 0) is 47.5 Å². The Kier molecular flexibility index (Phi) is 6.07. The van der Waals surface area contributed by atoms with E-state index in [1.165, 1.54) is 28.2 Å². The van der Waals surface area contributed by atoms with Crippen LogP contribution in [0.4, 0.5) is 17.1 Å². The molecule has 0 saturated carbocycles. The number of benzene rings is 3. The molecule has 0 unspecified atom stereocenters. The van der Waals surface area contributed by atoms with Crippen LogP contribution in [0.5, 0.6) is 0 Å². The Morgan fingerprint density at radius 2 is 1.44 bits per heavy atom. The molecule has 1 aliphatic heterocycles. The highest BCUT2D eigenvalue weighted by molar-refractivity contribution is 5.87. The molecule has 0 radical (unpaired) electrons. The largest absolute Gasteiger partial charge is 0.334 e. The summed E-state index contributed by atoms with van der Waals surface area (Å²) in [5.41, 5.74) is 10.3. The lowest BCUT2D eigenvalue weighted by Gasteiger charge is -2.42. The molecule has 0 bridgehead atoms. The van der Waals surface area contributed by atoms with Gasteiger partial charge in [-0.3, -0.25) is 0 Å². The zero-order chi connectivity index (χ0) is 29.3. The number of hydrogen-bond acceptors (Lipinski definition) is 3. The minimum atomic E-state index is -0.161. The summed E-state index contributed by atoms with van der Waals surface area (Å²) in [6.45, 7) is 18.1. The van der Waals surface area contributed by atoms with Gasteiger partial charge in [0, 0.05) is 52.6 Å². The third-order valence-corrected chi connectivity index (χ3v) is 8.39. The number of imidazole rings is 1. The summed E-state index contributed by atoms with van der Waals surface area (Å²) >= 11 is 0. The lowest BCUT2D eigenvalue weighted by molar-refractivity contribution is 0.537. The molecule has 1 aliphatic rings. The van der Waals surface area contributed by atoms with Crippen molar-refractivity contribution in [2.24, 2.45) is 7.05 Å². The molecular weight excluding hydrogens is 502 g/mol. The van der Waals surface area contributed by atoms with E-state index in [2.05, 4.69) is 147 Å². The van der Waals surface area contributed by atoms with Crippen LogP contribution in [-0.4, -0.2) is 19.3 Å². The van der Waals surface area contributed by atoms with E-state index in [1.54, 1.807) is 0 Å². The second-order valence-corrected chi connectivity index (χ2v) is 13.9. The lowest BCUT2D eigenvalue weighted by Crippen LogP contribution is -2.31. The summed E-state index contributed by atoms with van der Waals surface area (Å²) in [5.74, 6) is 0.951. The lowest BCUT2D eigenvalue weighted by atomic mass is 9.73. The summed E-state index contributed by atoms with van der Waals surface area (Å²) in [5, 5.41) is 5.19. The summed E-state index contributed by atoms with van der Waals surface area (Å²) < 4.78 is 4.23. The van der Waals surface area contributed by atoms with Crippen molar-refractivity contribution in [3.63, 3.8) is 0 Å². The smallest absolute Gasteiger partial charge is 0.139 e. The van der Waals surface area contributed by atoms with Crippen LogP contribution < -0.4 is 4.90 Å². The number of fused-ring (bicyclic) bond motifs is 2. The van der Waals surface area contributed by atoms with Gasteiger partial charge in [0.2, 0.25) is 0 Å². The Morgan fingerprint density at radius 1 is 0.707 bits per heavy atom. The maximum absolute atomic E-state index is 5.19. The fraction of sp³-hybridized carbons (Fsp3) is 0.333. The number of aromatic nitrogens is 4. The monoisotopic (exact) mass is 543 g/mol. The van der Waals surface area contributed by atoms with Crippen molar-refractivity contribution >= 4 is 17.1 Å². The van der Waals surface area contributed by atoms with Gasteiger partial charge in [0.05, 0.1) is 22.8 Å². The molecule has 0 atom stereocenters. The minimum Gasteiger partial charge on any atom is -0.334 e. The molecule has 0 N–H and O–H groups in total. The Bertz CT molecular complexity index is 1750. The average Bonchev–Trinajstić information content (AvgIpc) is 3.56. The van der Waals surface area contributed by atoms with Crippen LogP contribution in [0.3, 0.4) is 0 Å². The molecule has 0 saturated heterocycles. The molecule has 0 fully saturated rings.